The molecule has 0 aliphatic carbocycles. The fourth-order valence-electron chi connectivity index (χ4n) is 1.83. The van der Waals surface area contributed by atoms with Crippen molar-refractivity contribution in [2.24, 2.45) is 5.73 Å². The molecule has 0 saturated carbocycles. The lowest BCUT2D eigenvalue weighted by molar-refractivity contribution is 0.454. The minimum atomic E-state index is -0.0194. The lowest BCUT2D eigenvalue weighted by Crippen LogP contribution is -2.13. The minimum absolute atomic E-state index is 0.0194. The Kier molecular flexibility index (Phi) is 3.15. The van der Waals surface area contributed by atoms with Crippen molar-refractivity contribution in [1.82, 2.24) is 9.97 Å². The summed E-state index contributed by atoms with van der Waals surface area (Å²) in [5, 5.41) is 9.76. The summed E-state index contributed by atoms with van der Waals surface area (Å²) in [6.07, 6.45) is 1.58. The van der Waals surface area contributed by atoms with Gasteiger partial charge < -0.3 is 10.2 Å². The van der Waals surface area contributed by atoms with Crippen LogP contribution in [0.2, 0.25) is 0 Å². The third kappa shape index (κ3) is 2.37. The van der Waals surface area contributed by atoms with Gasteiger partial charge in [-0.1, -0.05) is 18.2 Å². The first kappa shape index (κ1) is 12.7. The van der Waals surface area contributed by atoms with Gasteiger partial charge >= 0.3 is 0 Å². The van der Waals surface area contributed by atoms with Gasteiger partial charge in [0, 0.05) is 10.9 Å². The molecule has 1 aromatic carbocycles. The van der Waals surface area contributed by atoms with E-state index >= 15 is 0 Å². The van der Waals surface area contributed by atoms with Crippen LogP contribution >= 0.6 is 11.8 Å². The number of hydrogen-bond acceptors (Lipinski definition) is 5. The van der Waals surface area contributed by atoms with Crippen molar-refractivity contribution in [3.8, 4) is 0 Å². The zero-order valence-corrected chi connectivity index (χ0v) is 11.6. The van der Waals surface area contributed by atoms with Crippen LogP contribution in [0.3, 0.4) is 0 Å². The van der Waals surface area contributed by atoms with E-state index in [0.29, 0.717) is 15.8 Å². The van der Waals surface area contributed by atoms with Gasteiger partial charge in [0.1, 0.15) is 17.1 Å². The number of para-hydroxylation sites is 1. The summed E-state index contributed by atoms with van der Waals surface area (Å²) in [6, 6.07) is 9.58. The van der Waals surface area contributed by atoms with E-state index < -0.39 is 0 Å². The van der Waals surface area contributed by atoms with Crippen LogP contribution < -0.4 is 5.73 Å². The highest BCUT2D eigenvalue weighted by Gasteiger charge is 2.13. The summed E-state index contributed by atoms with van der Waals surface area (Å²) in [5.74, 6) is -0.0194. The minimum Gasteiger partial charge on any atom is -0.439 e. The number of aromatic nitrogens is 2. The molecule has 5 nitrogen and oxygen atoms in total. The van der Waals surface area contributed by atoms with Crippen LogP contribution in [0.25, 0.3) is 10.9 Å². The maximum Gasteiger partial charge on any atom is 0.262 e. The Balaban J connectivity index is 2.11. The molecule has 100 valence electrons. The number of amidine groups is 1. The molecule has 0 spiro atoms. The molecule has 0 amide bonds. The van der Waals surface area contributed by atoms with Gasteiger partial charge in [0.05, 0.1) is 11.2 Å². The van der Waals surface area contributed by atoms with E-state index in [1.807, 2.05) is 37.3 Å². The number of oxazole rings is 1. The summed E-state index contributed by atoms with van der Waals surface area (Å²) in [5.41, 5.74) is 7.88. The van der Waals surface area contributed by atoms with Crippen molar-refractivity contribution in [2.45, 2.75) is 17.2 Å². The fourth-order valence-corrected chi connectivity index (χ4v) is 2.71. The van der Waals surface area contributed by atoms with E-state index in [1.165, 1.54) is 11.8 Å². The van der Waals surface area contributed by atoms with Gasteiger partial charge in [0.2, 0.25) is 0 Å². The van der Waals surface area contributed by atoms with Crippen molar-refractivity contribution in [2.75, 3.05) is 0 Å². The first-order valence-electron chi connectivity index (χ1n) is 5.97. The second kappa shape index (κ2) is 4.97. The number of fused-ring (bicyclic) bond motifs is 1. The Morgan fingerprint density at radius 3 is 2.80 bits per heavy atom. The molecule has 0 unspecified atom stereocenters. The maximum atomic E-state index is 7.70. The van der Waals surface area contributed by atoms with Crippen molar-refractivity contribution in [1.29, 1.82) is 5.41 Å². The van der Waals surface area contributed by atoms with Crippen molar-refractivity contribution in [3.63, 3.8) is 0 Å². The van der Waals surface area contributed by atoms with E-state index in [-0.39, 0.29) is 5.84 Å². The van der Waals surface area contributed by atoms with Crippen molar-refractivity contribution >= 4 is 28.5 Å². The molecule has 0 atom stereocenters. The molecule has 3 rings (SSSR count). The Bertz CT molecular complexity index is 797. The number of aryl methyl sites for hydroxylation is 1. The zero-order chi connectivity index (χ0) is 14.1. The Morgan fingerprint density at radius 1 is 1.30 bits per heavy atom. The van der Waals surface area contributed by atoms with E-state index in [9.17, 15) is 0 Å². The molecular weight excluding hydrogens is 272 g/mol. The highest BCUT2D eigenvalue weighted by molar-refractivity contribution is 7.99. The van der Waals surface area contributed by atoms with E-state index in [1.54, 1.807) is 6.26 Å². The molecule has 2 heterocycles. The average molecular weight is 284 g/mol. The topological polar surface area (TPSA) is 88.8 Å². The summed E-state index contributed by atoms with van der Waals surface area (Å²) in [4.78, 5) is 8.77. The second-order valence-electron chi connectivity index (χ2n) is 4.30. The molecule has 0 aliphatic heterocycles. The first-order chi connectivity index (χ1) is 9.63. The number of pyridine rings is 1. The SMILES string of the molecule is Cc1coc(Sc2nc3ccccc3cc2C(=N)N)n1. The largest absolute Gasteiger partial charge is 0.439 e. The summed E-state index contributed by atoms with van der Waals surface area (Å²) in [6.45, 7) is 1.85. The predicted molar refractivity (Wildman–Crippen MR) is 78.1 cm³/mol. The van der Waals surface area contributed by atoms with Crippen LogP contribution in [0, 0.1) is 12.3 Å². The van der Waals surface area contributed by atoms with Gasteiger partial charge in [0.25, 0.3) is 5.22 Å². The van der Waals surface area contributed by atoms with Crippen LogP contribution in [-0.2, 0) is 0 Å². The van der Waals surface area contributed by atoms with Crippen LogP contribution in [0.5, 0.6) is 0 Å². The second-order valence-corrected chi connectivity index (χ2v) is 5.24. The zero-order valence-electron chi connectivity index (χ0n) is 10.8. The number of rotatable bonds is 3. The molecule has 0 saturated heterocycles. The van der Waals surface area contributed by atoms with Gasteiger partial charge in [0.15, 0.2) is 0 Å². The summed E-state index contributed by atoms with van der Waals surface area (Å²) < 4.78 is 5.32. The maximum absolute atomic E-state index is 7.70. The predicted octanol–water partition coefficient (Wildman–Crippen LogP) is 2.97. The molecule has 3 N–H and O–H groups in total. The fraction of sp³-hybridized carbons (Fsp3) is 0.0714. The standard InChI is InChI=1S/C14H12N4OS/c1-8-7-19-14(17-8)20-13-10(12(15)16)6-9-4-2-3-5-11(9)18-13/h2-7H,1H3,(H3,15,16). The third-order valence-electron chi connectivity index (χ3n) is 2.76. The molecule has 0 radical (unpaired) electrons. The molecule has 0 aliphatic rings. The third-order valence-corrected chi connectivity index (χ3v) is 3.63. The van der Waals surface area contributed by atoms with Crippen LogP contribution in [0.4, 0.5) is 0 Å². The summed E-state index contributed by atoms with van der Waals surface area (Å²) in [7, 11) is 0. The molecule has 20 heavy (non-hydrogen) atoms. The molecule has 0 fully saturated rings. The Labute approximate surface area is 119 Å². The normalized spacial score (nSPS) is 10.8. The molecule has 3 aromatic rings. The Hall–Kier alpha value is -2.34. The monoisotopic (exact) mass is 284 g/mol. The summed E-state index contributed by atoms with van der Waals surface area (Å²) >= 11 is 1.27. The van der Waals surface area contributed by atoms with Crippen LogP contribution in [0.15, 0.2) is 51.3 Å². The van der Waals surface area contributed by atoms with Crippen LogP contribution in [0.1, 0.15) is 11.3 Å². The first-order valence-corrected chi connectivity index (χ1v) is 6.79. The van der Waals surface area contributed by atoms with E-state index in [0.717, 1.165) is 16.6 Å². The molecular formula is C14H12N4OS. The lowest BCUT2D eigenvalue weighted by atomic mass is 10.1. The van der Waals surface area contributed by atoms with Gasteiger partial charge in [-0.3, -0.25) is 5.41 Å². The number of nitrogens with zero attached hydrogens (tertiary/aromatic N) is 2. The molecule has 2 aromatic heterocycles. The van der Waals surface area contributed by atoms with E-state index in [4.69, 9.17) is 15.6 Å². The highest BCUT2D eigenvalue weighted by atomic mass is 32.2. The number of nitrogen functional groups attached to an aromatic ring is 1. The number of benzene rings is 1. The van der Waals surface area contributed by atoms with Gasteiger partial charge in [-0.15, -0.1) is 0 Å². The van der Waals surface area contributed by atoms with Crippen molar-refractivity contribution < 1.29 is 4.42 Å². The van der Waals surface area contributed by atoms with Crippen molar-refractivity contribution in [3.05, 3.63) is 47.9 Å². The van der Waals surface area contributed by atoms with Crippen LogP contribution in [-0.4, -0.2) is 15.8 Å². The number of hydrogen-bond donors (Lipinski definition) is 2. The molecule has 6 heteroatoms. The smallest absolute Gasteiger partial charge is 0.262 e. The average Bonchev–Trinajstić information content (AvgIpc) is 2.83. The number of nitrogens with one attached hydrogen (secondary N) is 1. The lowest BCUT2D eigenvalue weighted by Gasteiger charge is -2.07. The van der Waals surface area contributed by atoms with Gasteiger partial charge in [-0.05, 0) is 30.8 Å². The molecule has 0 bridgehead atoms. The quantitative estimate of drug-likeness (QED) is 0.570. The number of nitrogens with two attached hydrogens (primary N) is 1. The van der Waals surface area contributed by atoms with Gasteiger partial charge in [-0.25, -0.2) is 9.97 Å². The Morgan fingerprint density at radius 2 is 2.10 bits per heavy atom. The highest BCUT2D eigenvalue weighted by Crippen LogP contribution is 2.30. The van der Waals surface area contributed by atoms with Gasteiger partial charge in [-0.2, -0.15) is 0 Å². The van der Waals surface area contributed by atoms with E-state index in [2.05, 4.69) is 9.97 Å².